The van der Waals surface area contributed by atoms with Crippen LogP contribution < -0.4 is 14.8 Å². The highest BCUT2D eigenvalue weighted by Crippen LogP contribution is 2.35. The van der Waals surface area contributed by atoms with E-state index in [1.54, 1.807) is 41.8 Å². The number of hydrogen-bond acceptors (Lipinski definition) is 7. The summed E-state index contributed by atoms with van der Waals surface area (Å²) in [5.41, 5.74) is 2.07. The zero-order chi connectivity index (χ0) is 25.1. The number of halogens is 2. The van der Waals surface area contributed by atoms with E-state index in [9.17, 15) is 13.6 Å². The van der Waals surface area contributed by atoms with E-state index in [-0.39, 0.29) is 23.3 Å². The number of aromatic nitrogens is 3. The molecule has 0 radical (unpaired) electrons. The minimum Gasteiger partial charge on any atom is -0.458 e. The number of allylic oxidation sites excluding steroid dienone is 1. The lowest BCUT2D eigenvalue weighted by Gasteiger charge is -2.14. The highest BCUT2D eigenvalue weighted by atomic mass is 32.1. The molecule has 0 saturated carbocycles. The molecule has 35 heavy (non-hydrogen) atoms. The summed E-state index contributed by atoms with van der Waals surface area (Å²) in [6.45, 7) is 6.33. The first-order chi connectivity index (χ1) is 16.7. The molecule has 0 unspecified atom stereocenters. The maximum absolute atomic E-state index is 13.2. The highest BCUT2D eigenvalue weighted by molar-refractivity contribution is 7.15. The van der Waals surface area contributed by atoms with E-state index in [1.165, 1.54) is 28.7 Å². The van der Waals surface area contributed by atoms with Gasteiger partial charge < -0.3 is 9.47 Å². The Balaban J connectivity index is 1.69. The third-order valence-electron chi connectivity index (χ3n) is 4.76. The summed E-state index contributed by atoms with van der Waals surface area (Å²) >= 11 is 2.73. The van der Waals surface area contributed by atoms with Gasteiger partial charge in [-0.15, -0.1) is 22.7 Å². The van der Waals surface area contributed by atoms with Crippen LogP contribution in [0.1, 0.15) is 54.1 Å². The van der Waals surface area contributed by atoms with Crippen LogP contribution in [0.2, 0.25) is 0 Å². The molecule has 0 atom stereocenters. The minimum atomic E-state index is -3.01. The molecule has 0 aliphatic carbocycles. The number of benzene rings is 1. The number of nitrogens with zero attached hydrogens (tertiary/aromatic N) is 3. The molecule has 0 bridgehead atoms. The Labute approximate surface area is 208 Å². The van der Waals surface area contributed by atoms with Crippen molar-refractivity contribution in [3.05, 3.63) is 70.1 Å². The number of rotatable bonds is 9. The van der Waals surface area contributed by atoms with E-state index in [0.717, 1.165) is 5.69 Å². The largest absolute Gasteiger partial charge is 0.458 e. The molecule has 0 aliphatic rings. The summed E-state index contributed by atoms with van der Waals surface area (Å²) < 4.78 is 37.6. The lowest BCUT2D eigenvalue weighted by molar-refractivity contribution is -0.0511. The molecule has 0 aliphatic heterocycles. The molecular formula is C24H22F2N4O3S2. The number of fused-ring (bicyclic) bond motifs is 1. The molecule has 4 aromatic rings. The average Bonchev–Trinajstić information content (AvgIpc) is 3.49. The molecule has 7 nitrogen and oxygen atoms in total. The van der Waals surface area contributed by atoms with Crippen molar-refractivity contribution < 1.29 is 23.0 Å². The van der Waals surface area contributed by atoms with Gasteiger partial charge in [0, 0.05) is 22.5 Å². The van der Waals surface area contributed by atoms with Gasteiger partial charge in [0.15, 0.2) is 21.6 Å². The number of hydrogen-bond donors (Lipinski definition) is 1. The van der Waals surface area contributed by atoms with Gasteiger partial charge in [-0.1, -0.05) is 32.6 Å². The fourth-order valence-electron chi connectivity index (χ4n) is 3.21. The van der Waals surface area contributed by atoms with Crippen molar-refractivity contribution in [2.45, 2.75) is 33.3 Å². The van der Waals surface area contributed by atoms with E-state index >= 15 is 0 Å². The van der Waals surface area contributed by atoms with Crippen LogP contribution in [-0.4, -0.2) is 26.9 Å². The number of imidazole rings is 1. The van der Waals surface area contributed by atoms with Gasteiger partial charge in [-0.2, -0.15) is 8.78 Å². The van der Waals surface area contributed by atoms with Crippen molar-refractivity contribution in [2.24, 2.45) is 0 Å². The van der Waals surface area contributed by atoms with Crippen LogP contribution in [0, 0.1) is 0 Å². The molecule has 3 heterocycles. The van der Waals surface area contributed by atoms with Crippen molar-refractivity contribution in [1.82, 2.24) is 14.4 Å². The summed E-state index contributed by atoms with van der Waals surface area (Å²) in [6, 6.07) is 4.62. The monoisotopic (exact) mass is 516 g/mol. The molecular weight excluding hydrogens is 494 g/mol. The Kier molecular flexibility index (Phi) is 7.27. The van der Waals surface area contributed by atoms with Crippen molar-refractivity contribution in [3.63, 3.8) is 0 Å². The lowest BCUT2D eigenvalue weighted by atomic mass is 10.1. The average molecular weight is 517 g/mol. The predicted molar refractivity (Wildman–Crippen MR) is 135 cm³/mol. The van der Waals surface area contributed by atoms with Crippen LogP contribution in [0.15, 0.2) is 47.5 Å². The van der Waals surface area contributed by atoms with Crippen molar-refractivity contribution in [1.29, 1.82) is 0 Å². The van der Waals surface area contributed by atoms with Gasteiger partial charge in [0.05, 0.1) is 17.1 Å². The molecule has 3 aromatic heterocycles. The van der Waals surface area contributed by atoms with E-state index in [2.05, 4.69) is 26.6 Å². The van der Waals surface area contributed by atoms with Crippen LogP contribution in [0.4, 0.5) is 13.9 Å². The van der Waals surface area contributed by atoms with Crippen LogP contribution in [0.3, 0.4) is 0 Å². The minimum absolute atomic E-state index is 0.0903. The molecule has 4 rings (SSSR count). The van der Waals surface area contributed by atoms with E-state index in [4.69, 9.17) is 4.74 Å². The quantitative estimate of drug-likeness (QED) is 0.245. The summed E-state index contributed by atoms with van der Waals surface area (Å²) in [5.74, 6) is 0.144. The molecule has 11 heteroatoms. The zero-order valence-corrected chi connectivity index (χ0v) is 20.8. The van der Waals surface area contributed by atoms with E-state index in [0.29, 0.717) is 32.8 Å². The molecule has 0 saturated heterocycles. The van der Waals surface area contributed by atoms with E-state index < -0.39 is 6.61 Å². The lowest BCUT2D eigenvalue weighted by Crippen LogP contribution is -2.15. The summed E-state index contributed by atoms with van der Waals surface area (Å²) in [5, 5.41) is 7.08. The summed E-state index contributed by atoms with van der Waals surface area (Å²) in [7, 11) is 0. The number of thiazole rings is 2. The molecule has 182 valence electrons. The van der Waals surface area contributed by atoms with Crippen LogP contribution >= 0.6 is 22.7 Å². The molecule has 1 amide bonds. The third kappa shape index (κ3) is 5.57. The first kappa shape index (κ1) is 24.6. The fraction of sp³-hybridized carbons (Fsp3) is 0.208. The SMILES string of the molecule is C=C(C)Oc1c(/C=C/c2nc3sccn3c2C(=O)Nc2nc(C(C)C)cs2)cccc1OC(F)F. The van der Waals surface area contributed by atoms with Gasteiger partial charge in [-0.05, 0) is 31.1 Å². The number of carbonyl (C=O) groups is 1. The second-order valence-corrected chi connectivity index (χ2v) is 9.51. The Morgan fingerprint density at radius 2 is 2.03 bits per heavy atom. The maximum atomic E-state index is 13.2. The maximum Gasteiger partial charge on any atom is 0.387 e. The standard InChI is InChI=1S/C24H22F2N4O3S2/c1-13(2)17-12-35-23(27-17)29-21(31)19-16(28-24-30(19)10-11-34-24)9-8-15-6-5-7-18(33-22(25)26)20(15)32-14(3)4/h5-13,22H,3H2,1-2,4H3,(H,27,29,31)/b9-8+. The van der Waals surface area contributed by atoms with Crippen molar-refractivity contribution in [2.75, 3.05) is 5.32 Å². The summed E-state index contributed by atoms with van der Waals surface area (Å²) in [4.78, 5) is 22.9. The first-order valence-corrected chi connectivity index (χ1v) is 12.3. The van der Waals surface area contributed by atoms with E-state index in [1.807, 2.05) is 24.6 Å². The summed E-state index contributed by atoms with van der Waals surface area (Å²) in [6.07, 6.45) is 5.01. The van der Waals surface area contributed by atoms with Gasteiger partial charge in [0.1, 0.15) is 5.69 Å². The smallest absolute Gasteiger partial charge is 0.387 e. The number of para-hydroxylation sites is 1. The normalized spacial score (nSPS) is 11.6. The molecule has 0 fully saturated rings. The number of anilines is 1. The topological polar surface area (TPSA) is 77.8 Å². The number of carbonyl (C=O) groups excluding carboxylic acids is 1. The number of amides is 1. The van der Waals surface area contributed by atoms with Crippen LogP contribution in [0.5, 0.6) is 11.5 Å². The zero-order valence-electron chi connectivity index (χ0n) is 19.1. The fourth-order valence-corrected chi connectivity index (χ4v) is 4.80. The molecule has 1 N–H and O–H groups in total. The highest BCUT2D eigenvalue weighted by Gasteiger charge is 2.21. The van der Waals surface area contributed by atoms with Gasteiger partial charge in [0.25, 0.3) is 5.91 Å². The van der Waals surface area contributed by atoms with Crippen molar-refractivity contribution in [3.8, 4) is 11.5 Å². The molecule has 0 spiro atoms. The second-order valence-electron chi connectivity index (χ2n) is 7.78. The predicted octanol–water partition coefficient (Wildman–Crippen LogP) is 6.91. The van der Waals surface area contributed by atoms with Gasteiger partial charge in [-0.3, -0.25) is 14.5 Å². The Hall–Kier alpha value is -3.57. The Morgan fingerprint density at radius 3 is 2.71 bits per heavy atom. The number of nitrogens with one attached hydrogen (secondary N) is 1. The Morgan fingerprint density at radius 1 is 1.23 bits per heavy atom. The third-order valence-corrected chi connectivity index (χ3v) is 6.29. The number of ether oxygens (including phenoxy) is 2. The second kappa shape index (κ2) is 10.4. The first-order valence-electron chi connectivity index (χ1n) is 10.5. The van der Waals surface area contributed by atoms with Crippen molar-refractivity contribution >= 4 is 50.8 Å². The van der Waals surface area contributed by atoms with Gasteiger partial charge in [-0.25, -0.2) is 9.97 Å². The van der Waals surface area contributed by atoms with Crippen LogP contribution in [-0.2, 0) is 0 Å². The van der Waals surface area contributed by atoms with Gasteiger partial charge in [0.2, 0.25) is 0 Å². The Bertz CT molecular complexity index is 1400. The molecule has 1 aromatic carbocycles. The van der Waals surface area contributed by atoms with Crippen LogP contribution in [0.25, 0.3) is 17.1 Å². The van der Waals surface area contributed by atoms with Gasteiger partial charge >= 0.3 is 6.61 Å². The number of alkyl halides is 2.